The Bertz CT molecular complexity index is 649. The van der Waals surface area contributed by atoms with Crippen LogP contribution in [0.5, 0.6) is 0 Å². The van der Waals surface area contributed by atoms with Crippen LogP contribution in [0.1, 0.15) is 64.5 Å². The maximum atomic E-state index is 12.1. The first-order chi connectivity index (χ1) is 12.0. The van der Waals surface area contributed by atoms with Crippen LogP contribution in [0.15, 0.2) is 5.38 Å². The van der Waals surface area contributed by atoms with Crippen molar-refractivity contribution in [2.75, 3.05) is 5.32 Å². The van der Waals surface area contributed by atoms with Gasteiger partial charge in [0.05, 0.1) is 5.69 Å². The van der Waals surface area contributed by atoms with Gasteiger partial charge in [0.15, 0.2) is 5.13 Å². The highest BCUT2D eigenvalue weighted by Crippen LogP contribution is 2.60. The molecule has 136 valence electrons. The summed E-state index contributed by atoms with van der Waals surface area (Å²) >= 11 is 1.45. The number of nitrogens with one attached hydrogen (secondary N) is 2. The zero-order valence-corrected chi connectivity index (χ0v) is 15.8. The predicted octanol–water partition coefficient (Wildman–Crippen LogP) is 3.46. The molecule has 4 aliphatic rings. The lowest BCUT2D eigenvalue weighted by Crippen LogP contribution is -2.48. The fourth-order valence-electron chi connectivity index (χ4n) is 5.54. The van der Waals surface area contributed by atoms with Crippen LogP contribution in [-0.4, -0.2) is 22.8 Å². The summed E-state index contributed by atoms with van der Waals surface area (Å²) in [4.78, 5) is 28.7. The summed E-state index contributed by atoms with van der Waals surface area (Å²) in [6, 6.07) is -0.00266. The summed E-state index contributed by atoms with van der Waals surface area (Å²) in [7, 11) is 0. The van der Waals surface area contributed by atoms with Gasteiger partial charge in [-0.3, -0.25) is 14.9 Å². The van der Waals surface area contributed by atoms with Crippen molar-refractivity contribution in [2.45, 2.75) is 70.3 Å². The van der Waals surface area contributed by atoms with Crippen molar-refractivity contribution >= 4 is 28.3 Å². The SMILES string of the molecule is CC[C@H](C)NC(=O)C(=O)Nc1nc(C23CC4CC(CC(C4)C2)C3)cs1. The fraction of sp³-hybridized carbons (Fsp3) is 0.737. The molecule has 4 aliphatic carbocycles. The molecule has 6 heteroatoms. The largest absolute Gasteiger partial charge is 0.345 e. The van der Waals surface area contributed by atoms with Gasteiger partial charge < -0.3 is 5.32 Å². The van der Waals surface area contributed by atoms with Crippen LogP contribution in [-0.2, 0) is 15.0 Å². The molecule has 0 radical (unpaired) electrons. The number of carbonyl (C=O) groups is 2. The van der Waals surface area contributed by atoms with E-state index in [9.17, 15) is 9.59 Å². The molecule has 4 bridgehead atoms. The van der Waals surface area contributed by atoms with Gasteiger partial charge in [0.25, 0.3) is 0 Å². The van der Waals surface area contributed by atoms with E-state index >= 15 is 0 Å². The van der Waals surface area contributed by atoms with E-state index in [4.69, 9.17) is 4.98 Å². The number of amides is 2. The van der Waals surface area contributed by atoms with Crippen molar-refractivity contribution in [3.05, 3.63) is 11.1 Å². The zero-order valence-electron chi connectivity index (χ0n) is 15.0. The second-order valence-corrected chi connectivity index (χ2v) is 9.33. The Balaban J connectivity index is 1.44. The average molecular weight is 362 g/mol. The Kier molecular flexibility index (Phi) is 4.34. The van der Waals surface area contributed by atoms with E-state index in [1.165, 1.54) is 49.9 Å². The second kappa shape index (κ2) is 6.38. The first-order valence-electron chi connectivity index (χ1n) is 9.55. The molecule has 1 heterocycles. The Hall–Kier alpha value is -1.43. The minimum absolute atomic E-state index is 0.00266. The van der Waals surface area contributed by atoms with E-state index in [-0.39, 0.29) is 11.5 Å². The van der Waals surface area contributed by atoms with E-state index in [2.05, 4.69) is 16.0 Å². The minimum atomic E-state index is -0.619. The van der Waals surface area contributed by atoms with Gasteiger partial charge in [-0.15, -0.1) is 11.3 Å². The van der Waals surface area contributed by atoms with E-state index in [1.54, 1.807) is 0 Å². The molecule has 2 amide bonds. The first-order valence-corrected chi connectivity index (χ1v) is 10.4. The Labute approximate surface area is 153 Å². The summed E-state index contributed by atoms with van der Waals surface area (Å²) in [6.45, 7) is 3.86. The molecular formula is C19H27N3O2S. The van der Waals surface area contributed by atoms with Crippen LogP contribution in [0.4, 0.5) is 5.13 Å². The molecule has 0 unspecified atom stereocenters. The van der Waals surface area contributed by atoms with Crippen LogP contribution in [0.25, 0.3) is 0 Å². The molecule has 0 aliphatic heterocycles. The summed E-state index contributed by atoms with van der Waals surface area (Å²) < 4.78 is 0. The average Bonchev–Trinajstić information content (AvgIpc) is 3.02. The molecule has 4 fully saturated rings. The van der Waals surface area contributed by atoms with Crippen molar-refractivity contribution in [3.8, 4) is 0 Å². The summed E-state index contributed by atoms with van der Waals surface area (Å²) in [5.74, 6) is 1.40. The molecule has 1 atom stereocenters. The van der Waals surface area contributed by atoms with Crippen molar-refractivity contribution < 1.29 is 9.59 Å². The van der Waals surface area contributed by atoms with Gasteiger partial charge in [0.2, 0.25) is 0 Å². The van der Waals surface area contributed by atoms with Gasteiger partial charge >= 0.3 is 11.8 Å². The molecule has 0 spiro atoms. The molecule has 5 rings (SSSR count). The summed E-state index contributed by atoms with van der Waals surface area (Å²) in [5, 5.41) is 8.03. The monoisotopic (exact) mass is 361 g/mol. The third-order valence-corrected chi connectivity index (χ3v) is 7.26. The fourth-order valence-corrected chi connectivity index (χ4v) is 6.37. The van der Waals surface area contributed by atoms with Crippen LogP contribution >= 0.6 is 11.3 Å². The van der Waals surface area contributed by atoms with Gasteiger partial charge in [-0.05, 0) is 69.6 Å². The molecule has 2 N–H and O–H groups in total. The molecule has 1 aromatic heterocycles. The topological polar surface area (TPSA) is 71.1 Å². The van der Waals surface area contributed by atoms with Crippen molar-refractivity contribution in [1.82, 2.24) is 10.3 Å². The maximum Gasteiger partial charge on any atom is 0.315 e. The molecule has 0 aromatic carbocycles. The number of hydrogen-bond donors (Lipinski definition) is 2. The number of nitrogens with zero attached hydrogens (tertiary/aromatic N) is 1. The van der Waals surface area contributed by atoms with Crippen LogP contribution in [0, 0.1) is 17.8 Å². The van der Waals surface area contributed by atoms with Gasteiger partial charge in [-0.1, -0.05) is 6.92 Å². The lowest BCUT2D eigenvalue weighted by atomic mass is 9.49. The van der Waals surface area contributed by atoms with Gasteiger partial charge in [0.1, 0.15) is 0 Å². The smallest absolute Gasteiger partial charge is 0.315 e. The van der Waals surface area contributed by atoms with E-state index in [0.717, 1.165) is 29.9 Å². The van der Waals surface area contributed by atoms with Gasteiger partial charge in [-0.2, -0.15) is 0 Å². The highest BCUT2D eigenvalue weighted by Gasteiger charge is 2.52. The number of thiazole rings is 1. The molecule has 1 aromatic rings. The molecular weight excluding hydrogens is 334 g/mol. The molecule has 5 nitrogen and oxygen atoms in total. The highest BCUT2D eigenvalue weighted by atomic mass is 32.1. The minimum Gasteiger partial charge on any atom is -0.345 e. The normalized spacial score (nSPS) is 33.9. The lowest BCUT2D eigenvalue weighted by molar-refractivity contribution is -0.136. The van der Waals surface area contributed by atoms with Crippen molar-refractivity contribution in [2.24, 2.45) is 17.8 Å². The first kappa shape index (κ1) is 17.0. The Morgan fingerprint density at radius 2 is 1.80 bits per heavy atom. The van der Waals surface area contributed by atoms with Crippen LogP contribution in [0.3, 0.4) is 0 Å². The zero-order chi connectivity index (χ0) is 17.6. The summed E-state index contributed by atoms with van der Waals surface area (Å²) in [6.07, 6.45) is 8.78. The number of hydrogen-bond acceptors (Lipinski definition) is 4. The van der Waals surface area contributed by atoms with E-state index < -0.39 is 11.8 Å². The number of carbonyl (C=O) groups excluding carboxylic acids is 2. The number of rotatable bonds is 4. The second-order valence-electron chi connectivity index (χ2n) is 8.47. The van der Waals surface area contributed by atoms with Crippen LogP contribution < -0.4 is 10.6 Å². The van der Waals surface area contributed by atoms with E-state index in [0.29, 0.717) is 5.13 Å². The van der Waals surface area contributed by atoms with Crippen LogP contribution in [0.2, 0.25) is 0 Å². The predicted molar refractivity (Wildman–Crippen MR) is 98.5 cm³/mol. The third kappa shape index (κ3) is 3.21. The number of anilines is 1. The Morgan fingerprint density at radius 1 is 1.20 bits per heavy atom. The standard InChI is InChI=1S/C19H27N3O2S/c1-3-11(2)20-16(23)17(24)22-18-21-15(10-25-18)19-7-12-4-13(8-19)6-14(5-12)9-19/h10-14H,3-9H2,1-2H3,(H,20,23)(H,21,22,24)/t11-,12?,13?,14?,19?/m0/s1. The van der Waals surface area contributed by atoms with E-state index in [1.807, 2.05) is 13.8 Å². The molecule has 4 saturated carbocycles. The Morgan fingerprint density at radius 3 is 2.36 bits per heavy atom. The van der Waals surface area contributed by atoms with Gasteiger partial charge in [0, 0.05) is 16.8 Å². The molecule has 25 heavy (non-hydrogen) atoms. The van der Waals surface area contributed by atoms with Gasteiger partial charge in [-0.25, -0.2) is 4.98 Å². The molecule has 0 saturated heterocycles. The highest BCUT2D eigenvalue weighted by molar-refractivity contribution is 7.14. The third-order valence-electron chi connectivity index (χ3n) is 6.50. The quantitative estimate of drug-likeness (QED) is 0.807. The lowest BCUT2D eigenvalue weighted by Gasteiger charge is -2.56. The van der Waals surface area contributed by atoms with Crippen molar-refractivity contribution in [1.29, 1.82) is 0 Å². The number of aromatic nitrogens is 1. The maximum absolute atomic E-state index is 12.1. The summed E-state index contributed by atoms with van der Waals surface area (Å²) in [5.41, 5.74) is 1.38. The van der Waals surface area contributed by atoms with Crippen molar-refractivity contribution in [3.63, 3.8) is 0 Å².